The van der Waals surface area contributed by atoms with E-state index in [-0.39, 0.29) is 12.1 Å². The zero-order valence-corrected chi connectivity index (χ0v) is 14.5. The third-order valence-electron chi connectivity index (χ3n) is 3.87. The number of hydrogen-bond donors (Lipinski definition) is 2. The molecule has 0 bridgehead atoms. The predicted molar refractivity (Wildman–Crippen MR) is 87.5 cm³/mol. The highest BCUT2D eigenvalue weighted by molar-refractivity contribution is 5.68. The molecule has 0 saturated heterocycles. The van der Waals surface area contributed by atoms with E-state index in [4.69, 9.17) is 4.74 Å². The largest absolute Gasteiger partial charge is 0.444 e. The summed E-state index contributed by atoms with van der Waals surface area (Å²) < 4.78 is 5.28. The van der Waals surface area contributed by atoms with Crippen LogP contribution in [0.25, 0.3) is 0 Å². The summed E-state index contributed by atoms with van der Waals surface area (Å²) in [5.41, 5.74) is -0.419. The molecule has 0 radical (unpaired) electrons. The van der Waals surface area contributed by atoms with Crippen LogP contribution in [0.2, 0.25) is 0 Å². The first-order chi connectivity index (χ1) is 9.84. The van der Waals surface area contributed by atoms with Crippen molar-refractivity contribution in [1.29, 1.82) is 0 Å². The highest BCUT2D eigenvalue weighted by Gasteiger charge is 2.32. The number of alkyl carbamates (subject to hydrolysis) is 1. The molecule has 1 aliphatic carbocycles. The maximum atomic E-state index is 11.7. The summed E-state index contributed by atoms with van der Waals surface area (Å²) in [5, 5.41) is 6.70. The molecule has 2 N–H and O–H groups in total. The molecular weight excluding hydrogens is 264 g/mol. The van der Waals surface area contributed by atoms with E-state index >= 15 is 0 Å². The lowest BCUT2D eigenvalue weighted by Gasteiger charge is -2.39. The topological polar surface area (TPSA) is 50.4 Å². The molecule has 0 spiro atoms. The summed E-state index contributed by atoms with van der Waals surface area (Å²) in [6, 6.07) is 1.46. The number of hydrogen-bond acceptors (Lipinski definition) is 3. The molecule has 4 heteroatoms. The highest BCUT2D eigenvalue weighted by Crippen LogP contribution is 2.22. The van der Waals surface area contributed by atoms with Crippen molar-refractivity contribution in [2.24, 2.45) is 0 Å². The van der Waals surface area contributed by atoms with Crippen molar-refractivity contribution in [3.63, 3.8) is 0 Å². The lowest BCUT2D eigenvalue weighted by molar-refractivity contribution is 0.0462. The van der Waals surface area contributed by atoms with Crippen LogP contribution in [-0.4, -0.2) is 29.8 Å². The molecule has 21 heavy (non-hydrogen) atoms. The van der Waals surface area contributed by atoms with E-state index in [0.29, 0.717) is 12.1 Å². The average Bonchev–Trinajstić information content (AvgIpc) is 2.30. The Kier molecular flexibility index (Phi) is 7.50. The fourth-order valence-electron chi connectivity index (χ4n) is 2.79. The molecule has 0 aromatic carbocycles. The van der Waals surface area contributed by atoms with Crippen molar-refractivity contribution in [3.8, 4) is 0 Å². The van der Waals surface area contributed by atoms with E-state index < -0.39 is 5.60 Å². The van der Waals surface area contributed by atoms with Crippen LogP contribution < -0.4 is 10.6 Å². The van der Waals surface area contributed by atoms with Gasteiger partial charge in [0.15, 0.2) is 0 Å². The van der Waals surface area contributed by atoms with Crippen molar-refractivity contribution >= 4 is 6.09 Å². The smallest absolute Gasteiger partial charge is 0.407 e. The number of nitrogens with one attached hydrogen (secondary N) is 2. The fourth-order valence-corrected chi connectivity index (χ4v) is 2.79. The van der Waals surface area contributed by atoms with E-state index in [1.54, 1.807) is 0 Å². The third-order valence-corrected chi connectivity index (χ3v) is 3.87. The van der Waals surface area contributed by atoms with Gasteiger partial charge in [0.1, 0.15) is 5.60 Å². The molecular formula is C17H34N2O2. The number of carbonyl (C=O) groups is 1. The summed E-state index contributed by atoms with van der Waals surface area (Å²) in [6.45, 7) is 10.2. The van der Waals surface area contributed by atoms with Crippen LogP contribution in [0.5, 0.6) is 0 Å². The number of unbranched alkanes of at least 4 members (excludes halogenated alkanes) is 1. The van der Waals surface area contributed by atoms with Crippen molar-refractivity contribution < 1.29 is 9.53 Å². The molecule has 0 heterocycles. The second kappa shape index (κ2) is 8.62. The number of rotatable bonds is 8. The van der Waals surface area contributed by atoms with Crippen LogP contribution in [0.1, 0.15) is 79.6 Å². The van der Waals surface area contributed by atoms with E-state index in [2.05, 4.69) is 24.5 Å². The maximum absolute atomic E-state index is 11.7. The van der Waals surface area contributed by atoms with Gasteiger partial charge in [-0.05, 0) is 46.5 Å². The van der Waals surface area contributed by atoms with Gasteiger partial charge < -0.3 is 15.4 Å². The van der Waals surface area contributed by atoms with Gasteiger partial charge in [0.2, 0.25) is 0 Å². The van der Waals surface area contributed by atoms with Gasteiger partial charge in [-0.25, -0.2) is 4.79 Å². The summed E-state index contributed by atoms with van der Waals surface area (Å²) in [6.07, 6.45) is 8.05. The Morgan fingerprint density at radius 1 is 1.14 bits per heavy atom. The first kappa shape index (κ1) is 18.3. The Morgan fingerprint density at radius 2 is 1.81 bits per heavy atom. The fraction of sp³-hybridized carbons (Fsp3) is 0.941. The minimum Gasteiger partial charge on any atom is -0.444 e. The third kappa shape index (κ3) is 7.70. The minimum atomic E-state index is -0.419. The summed E-state index contributed by atoms with van der Waals surface area (Å²) in [4.78, 5) is 11.7. The minimum absolute atomic E-state index is 0.269. The Balaban J connectivity index is 2.21. The van der Waals surface area contributed by atoms with E-state index in [1.807, 2.05) is 20.8 Å². The number of carbonyl (C=O) groups excluding carboxylic acids is 1. The van der Waals surface area contributed by atoms with Crippen molar-refractivity contribution in [1.82, 2.24) is 10.6 Å². The zero-order valence-electron chi connectivity index (χ0n) is 14.5. The van der Waals surface area contributed by atoms with Crippen LogP contribution in [0.4, 0.5) is 4.79 Å². The molecule has 1 saturated carbocycles. The normalized spacial score (nSPS) is 23.3. The molecule has 1 aliphatic rings. The van der Waals surface area contributed by atoms with Crippen molar-refractivity contribution in [2.45, 2.75) is 103 Å². The summed E-state index contributed by atoms with van der Waals surface area (Å²) >= 11 is 0. The Hall–Kier alpha value is -0.770. The molecule has 0 aromatic heterocycles. The lowest BCUT2D eigenvalue weighted by Crippen LogP contribution is -2.55. The quantitative estimate of drug-likeness (QED) is 0.712. The summed E-state index contributed by atoms with van der Waals surface area (Å²) in [5.74, 6) is 0. The molecule has 1 amide bonds. The van der Waals surface area contributed by atoms with E-state index in [0.717, 1.165) is 12.8 Å². The lowest BCUT2D eigenvalue weighted by atomic mass is 9.85. The highest BCUT2D eigenvalue weighted by atomic mass is 16.6. The van der Waals surface area contributed by atoms with Gasteiger partial charge in [0.05, 0.1) is 0 Å². The average molecular weight is 298 g/mol. The second-order valence-corrected chi connectivity index (χ2v) is 7.31. The molecule has 124 valence electrons. The van der Waals surface area contributed by atoms with Crippen LogP contribution in [0.15, 0.2) is 0 Å². The first-order valence-electron chi connectivity index (χ1n) is 8.59. The molecule has 4 nitrogen and oxygen atoms in total. The number of ether oxygens (including phenoxy) is 1. The van der Waals surface area contributed by atoms with Crippen LogP contribution in [-0.2, 0) is 4.74 Å². The Labute approximate surface area is 130 Å². The second-order valence-electron chi connectivity index (χ2n) is 7.31. The summed E-state index contributed by atoms with van der Waals surface area (Å²) in [7, 11) is 0. The number of amides is 1. The van der Waals surface area contributed by atoms with Crippen molar-refractivity contribution in [2.75, 3.05) is 0 Å². The van der Waals surface area contributed by atoms with Crippen molar-refractivity contribution in [3.05, 3.63) is 0 Å². The van der Waals surface area contributed by atoms with Gasteiger partial charge >= 0.3 is 6.09 Å². The SMILES string of the molecule is CCCCC(CCC)NC1CC(NC(=O)OC(C)(C)C)C1. The van der Waals surface area contributed by atoms with E-state index in [9.17, 15) is 4.79 Å². The zero-order chi connectivity index (χ0) is 15.9. The monoisotopic (exact) mass is 298 g/mol. The first-order valence-corrected chi connectivity index (χ1v) is 8.59. The van der Waals surface area contributed by atoms with Crippen LogP contribution >= 0.6 is 0 Å². The molecule has 0 aromatic rings. The van der Waals surface area contributed by atoms with Gasteiger partial charge in [0, 0.05) is 18.1 Å². The molecule has 0 aliphatic heterocycles. The Bertz CT molecular complexity index is 306. The molecule has 1 fully saturated rings. The molecule has 1 rings (SSSR count). The van der Waals surface area contributed by atoms with Gasteiger partial charge in [0.25, 0.3) is 0 Å². The molecule has 1 unspecified atom stereocenters. The predicted octanol–water partition coefficient (Wildman–Crippen LogP) is 3.99. The Morgan fingerprint density at radius 3 is 2.33 bits per heavy atom. The van der Waals surface area contributed by atoms with Crippen LogP contribution in [0.3, 0.4) is 0 Å². The maximum Gasteiger partial charge on any atom is 0.407 e. The standard InChI is InChI=1S/C17H34N2O2/c1-6-8-10-13(9-7-2)18-14-11-15(12-14)19-16(20)21-17(3,4)5/h13-15,18H,6-12H2,1-5H3,(H,19,20). The van der Waals surface area contributed by atoms with Crippen LogP contribution in [0, 0.1) is 0 Å². The van der Waals surface area contributed by atoms with E-state index in [1.165, 1.54) is 32.1 Å². The van der Waals surface area contributed by atoms with Gasteiger partial charge in [-0.15, -0.1) is 0 Å². The van der Waals surface area contributed by atoms with Gasteiger partial charge in [-0.3, -0.25) is 0 Å². The molecule has 1 atom stereocenters. The van der Waals surface area contributed by atoms with Gasteiger partial charge in [-0.2, -0.15) is 0 Å². The van der Waals surface area contributed by atoms with Gasteiger partial charge in [-0.1, -0.05) is 33.1 Å².